The Bertz CT molecular complexity index is 3580. The quantitative estimate of drug-likeness (QED) is 0.0214. The highest BCUT2D eigenvalue weighted by Gasteiger charge is 2.27. The van der Waals surface area contributed by atoms with Gasteiger partial charge in [-0.15, -0.1) is 0 Å². The predicted octanol–water partition coefficient (Wildman–Crippen LogP) is 5.65. The van der Waals surface area contributed by atoms with Crippen molar-refractivity contribution < 1.29 is 57.3 Å². The zero-order chi connectivity index (χ0) is 53.5. The van der Waals surface area contributed by atoms with E-state index in [0.29, 0.717) is 51.4 Å². The van der Waals surface area contributed by atoms with Crippen LogP contribution in [-0.2, 0) is 57.3 Å². The van der Waals surface area contributed by atoms with Gasteiger partial charge in [0.1, 0.15) is 13.1 Å². The molecule has 0 unspecified atom stereocenters. The monoisotopic (exact) mass is 974 g/mol. The summed E-state index contributed by atoms with van der Waals surface area (Å²) in [5.74, 6) is -5.85. The lowest BCUT2D eigenvalue weighted by Gasteiger charge is -2.12. The molecule has 0 bridgehead atoms. The molecule has 0 spiro atoms. The SMILES string of the molecule is C=C=C=C=C=C=C=C=C=C=C=C=C=C=C=C=C=C=C=C=C=C=C=C=C=C=C=C=C=C=C=C=C=C(C(=O)OCCCCCCOC(=O)CN1C(=O)C=CC1=O)C(=O)OCCCCCCOC(=O)CN1C(=O)C=CC1=O. The summed E-state index contributed by atoms with van der Waals surface area (Å²) >= 11 is 0. The molecule has 2 rings (SSSR count). The Balaban J connectivity index is 2.11. The molecule has 0 aromatic carbocycles. The number of hydrogen-bond donors (Lipinski definition) is 0. The van der Waals surface area contributed by atoms with Crippen LogP contribution in [0.1, 0.15) is 51.4 Å². The predicted molar refractivity (Wildman–Crippen MR) is 254 cm³/mol. The van der Waals surface area contributed by atoms with Gasteiger partial charge in [-0.2, -0.15) is 0 Å². The van der Waals surface area contributed by atoms with Crippen LogP contribution < -0.4 is 0 Å². The number of ether oxygens (including phenoxy) is 4. The second-order valence-corrected chi connectivity index (χ2v) is 13.2. The molecule has 14 heteroatoms. The van der Waals surface area contributed by atoms with Crippen LogP contribution in [0.3, 0.4) is 0 Å². The van der Waals surface area contributed by atoms with Crippen molar-refractivity contribution >= 4 is 47.5 Å². The van der Waals surface area contributed by atoms with Crippen molar-refractivity contribution in [3.63, 3.8) is 0 Å². The van der Waals surface area contributed by atoms with Crippen molar-refractivity contribution in [3.05, 3.63) is 220 Å². The van der Waals surface area contributed by atoms with Gasteiger partial charge in [0.05, 0.1) is 26.4 Å². The molecule has 0 atom stereocenters. The Hall–Kier alpha value is -11.7. The molecule has 0 fully saturated rings. The molecule has 0 saturated carbocycles. The minimum atomic E-state index is -1.03. The summed E-state index contributed by atoms with van der Waals surface area (Å²) < 4.78 is 20.6. The molecule has 0 saturated heterocycles. The molecule has 0 radical (unpaired) electrons. The normalized spacial score (nSPS) is 9.68. The van der Waals surface area contributed by atoms with E-state index < -0.39 is 66.2 Å². The van der Waals surface area contributed by atoms with Crippen LogP contribution in [0.15, 0.2) is 220 Å². The van der Waals surface area contributed by atoms with E-state index >= 15 is 0 Å². The summed E-state index contributed by atoms with van der Waals surface area (Å²) in [6, 6.07) is 0. The summed E-state index contributed by atoms with van der Waals surface area (Å²) in [5, 5.41) is 0. The van der Waals surface area contributed by atoms with Gasteiger partial charge in [0, 0.05) is 105 Å². The zero-order valence-corrected chi connectivity index (χ0v) is 39.2. The molecule has 0 aliphatic carbocycles. The number of rotatable bonds is 20. The van der Waals surface area contributed by atoms with Crippen LogP contribution in [-0.4, -0.2) is 96.8 Å². The van der Waals surface area contributed by atoms with Gasteiger partial charge in [-0.1, -0.05) is 5.73 Å². The average Bonchev–Trinajstić information content (AvgIpc) is 3.88. The van der Waals surface area contributed by atoms with Gasteiger partial charge in [0.25, 0.3) is 23.6 Å². The highest BCUT2D eigenvalue weighted by atomic mass is 16.6. The number of carbonyl (C=O) groups excluding carboxylic acids is 8. The van der Waals surface area contributed by atoms with Gasteiger partial charge in [0.15, 0.2) is 5.57 Å². The first-order chi connectivity index (χ1) is 36.1. The largest absolute Gasteiger partial charge is 0.464 e. The van der Waals surface area contributed by atoms with Crippen LogP contribution in [0, 0.1) is 0 Å². The number of amides is 4. The molecule has 2 heterocycles. The standard InChI is InChI=1S/C60H34N2O12/c1-2-3-4-5-6-7-8-9-10-11-12-13-14-15-16-17-18-19-20-21-22-23-24-25-26-27-28-29-30-31-36-41-52(59(69)73-48-39-34-32-37-46-71-57(67)50-61-53(63)42-43-54(61)64)60(70)74-49-40-35-33-38-47-72-58(68)51-62-55(65)44-45-56(62)66/h42-45H,1,32-35,37-40,46-51H2. The summed E-state index contributed by atoms with van der Waals surface area (Å²) in [4.78, 5) is 97.5. The second kappa shape index (κ2) is 39.3. The zero-order valence-electron chi connectivity index (χ0n) is 39.2. The van der Waals surface area contributed by atoms with Gasteiger partial charge in [-0.05, 0) is 155 Å². The van der Waals surface area contributed by atoms with Crippen LogP contribution in [0.25, 0.3) is 0 Å². The lowest BCUT2D eigenvalue weighted by atomic mass is 10.2. The van der Waals surface area contributed by atoms with Crippen molar-refractivity contribution in [2.45, 2.75) is 51.4 Å². The molecule has 2 aliphatic rings. The van der Waals surface area contributed by atoms with Crippen LogP contribution in [0.4, 0.5) is 0 Å². The molecular formula is C60H34N2O12. The van der Waals surface area contributed by atoms with Gasteiger partial charge in [-0.25, -0.2) is 9.59 Å². The third kappa shape index (κ3) is 29.2. The third-order valence-corrected chi connectivity index (χ3v) is 7.94. The van der Waals surface area contributed by atoms with Crippen LogP contribution >= 0.6 is 0 Å². The first-order valence-electron chi connectivity index (χ1n) is 21.5. The minimum absolute atomic E-state index is 0.0597. The second-order valence-electron chi connectivity index (χ2n) is 13.2. The number of carbonyl (C=O) groups is 8. The summed E-state index contributed by atoms with van der Waals surface area (Å²) in [6.07, 6.45) is 8.36. The number of esters is 4. The number of hydrogen-bond acceptors (Lipinski definition) is 12. The smallest absolute Gasteiger partial charge is 0.354 e. The lowest BCUT2D eigenvalue weighted by Crippen LogP contribution is -2.35. The maximum Gasteiger partial charge on any atom is 0.354 e. The maximum absolute atomic E-state index is 12.9. The Kier molecular flexibility index (Phi) is 31.1. The first-order valence-corrected chi connectivity index (χ1v) is 21.5. The fraction of sp³-hybridized carbons (Fsp3) is 0.233. The highest BCUT2D eigenvalue weighted by molar-refractivity contribution is 6.15. The van der Waals surface area contributed by atoms with E-state index in [1.807, 2.05) is 0 Å². The van der Waals surface area contributed by atoms with E-state index in [9.17, 15) is 38.4 Å². The van der Waals surface area contributed by atoms with Crippen molar-refractivity contribution in [2.24, 2.45) is 0 Å². The van der Waals surface area contributed by atoms with Crippen molar-refractivity contribution in [1.82, 2.24) is 9.80 Å². The van der Waals surface area contributed by atoms with Crippen molar-refractivity contribution in [2.75, 3.05) is 39.5 Å². The summed E-state index contributed by atoms with van der Waals surface area (Å²) in [6.45, 7) is 2.35. The molecule has 74 heavy (non-hydrogen) atoms. The Morgan fingerprint density at radius 2 is 0.568 bits per heavy atom. The molecule has 2 aliphatic heterocycles. The molecule has 0 aromatic rings. The van der Waals surface area contributed by atoms with E-state index in [-0.39, 0.29) is 26.4 Å². The average molecular weight is 975 g/mol. The Morgan fingerprint density at radius 3 is 0.824 bits per heavy atom. The highest BCUT2D eigenvalue weighted by Crippen LogP contribution is 2.08. The van der Waals surface area contributed by atoms with Gasteiger partial charge < -0.3 is 18.9 Å². The van der Waals surface area contributed by atoms with Crippen molar-refractivity contribution in [1.29, 1.82) is 0 Å². The van der Waals surface area contributed by atoms with E-state index in [0.717, 1.165) is 34.1 Å². The molecule has 14 nitrogen and oxygen atoms in total. The van der Waals surface area contributed by atoms with Crippen molar-refractivity contribution in [3.8, 4) is 0 Å². The first kappa shape index (κ1) is 58.5. The van der Waals surface area contributed by atoms with E-state index in [1.54, 1.807) is 0 Å². The summed E-state index contributed by atoms with van der Waals surface area (Å²) in [5.41, 5.74) is 78.0. The van der Waals surface area contributed by atoms with Gasteiger partial charge in [0.2, 0.25) is 0 Å². The Labute approximate surface area is 423 Å². The molecule has 356 valence electrons. The van der Waals surface area contributed by atoms with Gasteiger partial charge in [-0.3, -0.25) is 38.6 Å². The molecule has 0 aromatic heterocycles. The number of nitrogens with zero attached hydrogens (tertiary/aromatic N) is 2. The fourth-order valence-electron chi connectivity index (χ4n) is 4.68. The van der Waals surface area contributed by atoms with Crippen LogP contribution in [0.5, 0.6) is 0 Å². The third-order valence-electron chi connectivity index (χ3n) is 7.94. The topological polar surface area (TPSA) is 180 Å². The van der Waals surface area contributed by atoms with E-state index in [1.165, 1.54) is 0 Å². The molecule has 4 amide bonds. The van der Waals surface area contributed by atoms with Crippen LogP contribution in [0.2, 0.25) is 0 Å². The number of imide groups is 2. The van der Waals surface area contributed by atoms with Gasteiger partial charge >= 0.3 is 23.9 Å². The lowest BCUT2D eigenvalue weighted by molar-refractivity contribution is -0.151. The number of unbranched alkanes of at least 4 members (excludes halogenated alkanes) is 6. The fourth-order valence-corrected chi connectivity index (χ4v) is 4.68. The minimum Gasteiger partial charge on any atom is -0.464 e. The Morgan fingerprint density at radius 1 is 0.338 bits per heavy atom. The summed E-state index contributed by atoms with van der Waals surface area (Å²) in [7, 11) is 0. The molecule has 0 N–H and O–H groups in total. The molecular weight excluding hydrogens is 941 g/mol. The van der Waals surface area contributed by atoms with E-state index in [2.05, 4.69) is 190 Å². The maximum atomic E-state index is 12.9. The van der Waals surface area contributed by atoms with E-state index in [4.69, 9.17) is 18.9 Å².